The lowest BCUT2D eigenvalue weighted by atomic mass is 9.94. The van der Waals surface area contributed by atoms with E-state index in [0.29, 0.717) is 30.0 Å². The fraction of sp³-hybridized carbons (Fsp3) is 0.500. The van der Waals surface area contributed by atoms with Gasteiger partial charge >= 0.3 is 0 Å². The molecule has 2 aromatic heterocycles. The standard InChI is InChI=1S/C22H28N4O3/c1-3-11-26-22(27)19-6-5-18(15-20(19)29-26)28-14-10-17-8-12-25(13-9-17)21-7-4-16(2)23-24-21/h4-7,15,17H,3,8-14H2,1-2H3. The van der Waals surface area contributed by atoms with Crippen molar-refractivity contribution in [3.8, 4) is 5.75 Å². The third-order valence-electron chi connectivity index (χ3n) is 5.56. The molecule has 0 bridgehead atoms. The van der Waals surface area contributed by atoms with Crippen molar-refractivity contribution in [3.63, 3.8) is 0 Å². The summed E-state index contributed by atoms with van der Waals surface area (Å²) in [6.07, 6.45) is 4.14. The van der Waals surface area contributed by atoms with Gasteiger partial charge in [0, 0.05) is 19.2 Å². The molecule has 1 saturated heterocycles. The molecule has 0 amide bonds. The second-order valence-corrected chi connectivity index (χ2v) is 7.76. The zero-order valence-corrected chi connectivity index (χ0v) is 17.1. The van der Waals surface area contributed by atoms with Crippen molar-refractivity contribution in [1.29, 1.82) is 0 Å². The zero-order chi connectivity index (χ0) is 20.2. The monoisotopic (exact) mass is 396 g/mol. The number of rotatable bonds is 7. The summed E-state index contributed by atoms with van der Waals surface area (Å²) in [6.45, 7) is 7.24. The molecule has 0 spiro atoms. The average molecular weight is 396 g/mol. The third-order valence-corrected chi connectivity index (χ3v) is 5.56. The number of ether oxygens (including phenoxy) is 1. The molecule has 1 aliphatic heterocycles. The highest BCUT2D eigenvalue weighted by atomic mass is 16.5. The maximum absolute atomic E-state index is 12.2. The minimum atomic E-state index is -0.0709. The molecule has 0 unspecified atom stereocenters. The second-order valence-electron chi connectivity index (χ2n) is 7.76. The van der Waals surface area contributed by atoms with Crippen LogP contribution in [0.25, 0.3) is 11.0 Å². The van der Waals surface area contributed by atoms with Gasteiger partial charge in [0.1, 0.15) is 5.75 Å². The Morgan fingerprint density at radius 1 is 1.17 bits per heavy atom. The number of hydrogen-bond acceptors (Lipinski definition) is 6. The molecule has 1 fully saturated rings. The minimum absolute atomic E-state index is 0.0709. The summed E-state index contributed by atoms with van der Waals surface area (Å²) in [7, 11) is 0. The molecule has 29 heavy (non-hydrogen) atoms. The zero-order valence-electron chi connectivity index (χ0n) is 17.1. The summed E-state index contributed by atoms with van der Waals surface area (Å²) in [5.41, 5.74) is 1.46. The van der Waals surface area contributed by atoms with E-state index in [2.05, 4.69) is 15.1 Å². The van der Waals surface area contributed by atoms with Crippen LogP contribution in [0.1, 0.15) is 38.3 Å². The smallest absolute Gasteiger partial charge is 0.290 e. The molecular formula is C22H28N4O3. The van der Waals surface area contributed by atoms with Crippen LogP contribution in [0, 0.1) is 12.8 Å². The van der Waals surface area contributed by atoms with Gasteiger partial charge in [-0.3, -0.25) is 4.79 Å². The molecule has 4 rings (SSSR count). The number of piperidine rings is 1. The predicted molar refractivity (Wildman–Crippen MR) is 113 cm³/mol. The van der Waals surface area contributed by atoms with Gasteiger partial charge < -0.3 is 14.2 Å². The highest BCUT2D eigenvalue weighted by Gasteiger charge is 2.20. The summed E-state index contributed by atoms with van der Waals surface area (Å²) in [5.74, 6) is 2.37. The predicted octanol–water partition coefficient (Wildman–Crippen LogP) is 3.79. The number of aromatic nitrogens is 3. The van der Waals surface area contributed by atoms with E-state index in [-0.39, 0.29) is 5.56 Å². The molecule has 3 heterocycles. The lowest BCUT2D eigenvalue weighted by Gasteiger charge is -2.32. The molecule has 1 aliphatic rings. The van der Waals surface area contributed by atoms with Crippen molar-refractivity contribution in [3.05, 3.63) is 46.4 Å². The fourth-order valence-electron chi connectivity index (χ4n) is 3.84. The fourth-order valence-corrected chi connectivity index (χ4v) is 3.84. The van der Waals surface area contributed by atoms with Crippen LogP contribution in [0.4, 0.5) is 5.82 Å². The Hall–Kier alpha value is -2.83. The molecule has 0 atom stereocenters. The lowest BCUT2D eigenvalue weighted by Crippen LogP contribution is -2.34. The first kappa shape index (κ1) is 19.5. The van der Waals surface area contributed by atoms with Gasteiger partial charge in [0.25, 0.3) is 5.56 Å². The number of aryl methyl sites for hydroxylation is 2. The van der Waals surface area contributed by atoms with Crippen LogP contribution in [-0.4, -0.2) is 34.6 Å². The molecule has 0 aliphatic carbocycles. The van der Waals surface area contributed by atoms with Gasteiger partial charge in [-0.25, -0.2) is 0 Å². The van der Waals surface area contributed by atoms with E-state index in [1.807, 2.05) is 38.1 Å². The maximum Gasteiger partial charge on any atom is 0.290 e. The second kappa shape index (κ2) is 8.68. The number of fused-ring (bicyclic) bond motifs is 1. The Morgan fingerprint density at radius 2 is 2.00 bits per heavy atom. The Kier molecular flexibility index (Phi) is 5.83. The summed E-state index contributed by atoms with van der Waals surface area (Å²) in [4.78, 5) is 14.5. The van der Waals surface area contributed by atoms with Gasteiger partial charge in [-0.05, 0) is 62.8 Å². The number of benzene rings is 1. The van der Waals surface area contributed by atoms with Crippen molar-refractivity contribution in [2.75, 3.05) is 24.6 Å². The normalized spacial score (nSPS) is 15.2. The molecule has 154 valence electrons. The Labute approximate surface area is 170 Å². The van der Waals surface area contributed by atoms with E-state index in [0.717, 1.165) is 56.0 Å². The van der Waals surface area contributed by atoms with E-state index >= 15 is 0 Å². The van der Waals surface area contributed by atoms with Gasteiger partial charge in [0.2, 0.25) is 0 Å². The molecule has 7 heteroatoms. The molecule has 0 radical (unpaired) electrons. The van der Waals surface area contributed by atoms with Crippen molar-refractivity contribution < 1.29 is 9.26 Å². The largest absolute Gasteiger partial charge is 0.493 e. The topological polar surface area (TPSA) is 73.4 Å². The molecule has 7 nitrogen and oxygen atoms in total. The number of hydrogen-bond donors (Lipinski definition) is 0. The number of anilines is 1. The number of nitrogens with zero attached hydrogens (tertiary/aromatic N) is 4. The molecular weight excluding hydrogens is 368 g/mol. The van der Waals surface area contributed by atoms with Crippen LogP contribution in [0.3, 0.4) is 0 Å². The Balaban J connectivity index is 1.27. The molecule has 1 aromatic carbocycles. The molecule has 3 aromatic rings. The molecule has 0 saturated carbocycles. The van der Waals surface area contributed by atoms with Gasteiger partial charge in [0.05, 0.1) is 24.2 Å². The van der Waals surface area contributed by atoms with Crippen molar-refractivity contribution in [2.45, 2.75) is 46.1 Å². The van der Waals surface area contributed by atoms with Crippen LogP contribution in [-0.2, 0) is 6.54 Å². The maximum atomic E-state index is 12.2. The van der Waals surface area contributed by atoms with E-state index < -0.39 is 0 Å². The summed E-state index contributed by atoms with van der Waals surface area (Å²) >= 11 is 0. The van der Waals surface area contributed by atoms with Crippen LogP contribution in [0.5, 0.6) is 5.75 Å². The van der Waals surface area contributed by atoms with Gasteiger partial charge in [-0.2, -0.15) is 9.84 Å². The lowest BCUT2D eigenvalue weighted by molar-refractivity contribution is 0.257. The van der Waals surface area contributed by atoms with Crippen LogP contribution in [0.15, 0.2) is 39.6 Å². The third kappa shape index (κ3) is 4.44. The Bertz CT molecular complexity index is 1000. The van der Waals surface area contributed by atoms with Gasteiger partial charge in [0.15, 0.2) is 11.4 Å². The quantitative estimate of drug-likeness (QED) is 0.605. The van der Waals surface area contributed by atoms with Crippen LogP contribution < -0.4 is 15.2 Å². The van der Waals surface area contributed by atoms with Crippen LogP contribution in [0.2, 0.25) is 0 Å². The summed E-state index contributed by atoms with van der Waals surface area (Å²) < 4.78 is 13.0. The van der Waals surface area contributed by atoms with Gasteiger partial charge in [-0.1, -0.05) is 6.92 Å². The average Bonchev–Trinajstić information content (AvgIpc) is 3.04. The van der Waals surface area contributed by atoms with E-state index in [1.54, 1.807) is 6.07 Å². The first-order chi connectivity index (χ1) is 14.1. The van der Waals surface area contributed by atoms with Crippen molar-refractivity contribution >= 4 is 16.8 Å². The Morgan fingerprint density at radius 3 is 2.72 bits per heavy atom. The summed E-state index contributed by atoms with van der Waals surface area (Å²) in [5, 5.41) is 9.06. The van der Waals surface area contributed by atoms with E-state index in [4.69, 9.17) is 9.26 Å². The van der Waals surface area contributed by atoms with Gasteiger partial charge in [-0.15, -0.1) is 5.10 Å². The highest BCUT2D eigenvalue weighted by Crippen LogP contribution is 2.25. The van der Waals surface area contributed by atoms with Crippen LogP contribution >= 0.6 is 0 Å². The van der Waals surface area contributed by atoms with Crippen molar-refractivity contribution in [1.82, 2.24) is 14.9 Å². The molecule has 0 N–H and O–H groups in total. The van der Waals surface area contributed by atoms with E-state index in [1.165, 1.54) is 4.74 Å². The first-order valence-electron chi connectivity index (χ1n) is 10.5. The van der Waals surface area contributed by atoms with Crippen molar-refractivity contribution in [2.24, 2.45) is 5.92 Å². The highest BCUT2D eigenvalue weighted by molar-refractivity contribution is 5.77. The minimum Gasteiger partial charge on any atom is -0.493 e. The van der Waals surface area contributed by atoms with E-state index in [9.17, 15) is 4.79 Å². The SMILES string of the molecule is CCCn1oc2cc(OCCC3CCN(c4ccc(C)nn4)CC3)ccc2c1=O. The summed E-state index contributed by atoms with van der Waals surface area (Å²) in [6, 6.07) is 9.53. The first-order valence-corrected chi connectivity index (χ1v) is 10.5.